The predicted molar refractivity (Wildman–Crippen MR) is 112 cm³/mol. The largest absolute Gasteiger partial charge is 0.497 e. The lowest BCUT2D eigenvalue weighted by Gasteiger charge is -2.25. The number of hydrogen-bond donors (Lipinski definition) is 0. The van der Waals surface area contributed by atoms with E-state index in [0.29, 0.717) is 22.9 Å². The average molecular weight is 431 g/mol. The molecule has 0 bridgehead atoms. The standard InChI is InChI=1S/C22H22FNO5S/c1-27-18-9-11-19(12-10-18)30(25,26)24(15-16-6-4-5-7-20(16)23)17-8-13-21(28-2)22(14-17)29-3/h4-14H,15H2,1-3H3. The van der Waals surface area contributed by atoms with Gasteiger partial charge >= 0.3 is 0 Å². The van der Waals surface area contributed by atoms with Gasteiger partial charge in [0.1, 0.15) is 11.6 Å². The molecule has 0 saturated heterocycles. The quantitative estimate of drug-likeness (QED) is 0.534. The van der Waals surface area contributed by atoms with Crippen molar-refractivity contribution in [3.63, 3.8) is 0 Å². The van der Waals surface area contributed by atoms with Gasteiger partial charge in [-0.15, -0.1) is 0 Å². The summed E-state index contributed by atoms with van der Waals surface area (Å²) in [5.74, 6) is 0.848. The van der Waals surface area contributed by atoms with E-state index in [1.165, 1.54) is 39.5 Å². The zero-order chi connectivity index (χ0) is 21.7. The molecule has 0 spiro atoms. The Morgan fingerprint density at radius 1 is 0.833 bits per heavy atom. The molecule has 0 unspecified atom stereocenters. The number of ether oxygens (including phenoxy) is 3. The van der Waals surface area contributed by atoms with Gasteiger partial charge in [0.05, 0.1) is 38.5 Å². The van der Waals surface area contributed by atoms with Crippen LogP contribution < -0.4 is 18.5 Å². The Hall–Kier alpha value is -3.26. The van der Waals surface area contributed by atoms with Crippen LogP contribution in [0.2, 0.25) is 0 Å². The molecule has 0 aliphatic rings. The topological polar surface area (TPSA) is 65.1 Å². The molecule has 0 amide bonds. The van der Waals surface area contributed by atoms with Crippen LogP contribution in [-0.4, -0.2) is 29.7 Å². The second-order valence-corrected chi connectivity index (χ2v) is 8.18. The monoisotopic (exact) mass is 431 g/mol. The van der Waals surface area contributed by atoms with Crippen molar-refractivity contribution in [3.8, 4) is 17.2 Å². The summed E-state index contributed by atoms with van der Waals surface area (Å²) < 4.78 is 58.1. The molecule has 8 heteroatoms. The molecule has 3 rings (SSSR count). The van der Waals surface area contributed by atoms with Crippen molar-refractivity contribution in [1.82, 2.24) is 0 Å². The minimum Gasteiger partial charge on any atom is -0.497 e. The molecule has 6 nitrogen and oxygen atoms in total. The highest BCUT2D eigenvalue weighted by Gasteiger charge is 2.27. The van der Waals surface area contributed by atoms with E-state index in [4.69, 9.17) is 14.2 Å². The number of nitrogens with zero attached hydrogens (tertiary/aromatic N) is 1. The minimum absolute atomic E-state index is 0.0504. The van der Waals surface area contributed by atoms with Crippen LogP contribution in [0.5, 0.6) is 17.2 Å². The lowest BCUT2D eigenvalue weighted by atomic mass is 10.2. The Morgan fingerprint density at radius 3 is 2.10 bits per heavy atom. The van der Waals surface area contributed by atoms with Crippen molar-refractivity contribution in [2.24, 2.45) is 0 Å². The molecule has 0 fully saturated rings. The number of methoxy groups -OCH3 is 3. The fraction of sp³-hybridized carbons (Fsp3) is 0.182. The van der Waals surface area contributed by atoms with E-state index in [2.05, 4.69) is 0 Å². The van der Waals surface area contributed by atoms with Crippen LogP contribution in [0.25, 0.3) is 0 Å². The van der Waals surface area contributed by atoms with Gasteiger partial charge in [0.15, 0.2) is 11.5 Å². The lowest BCUT2D eigenvalue weighted by molar-refractivity contribution is 0.355. The third-order valence-corrected chi connectivity index (χ3v) is 6.36. The summed E-state index contributed by atoms with van der Waals surface area (Å²) in [6.07, 6.45) is 0. The molecule has 0 atom stereocenters. The second-order valence-electron chi connectivity index (χ2n) is 6.32. The van der Waals surface area contributed by atoms with Crippen LogP contribution in [0, 0.1) is 5.82 Å². The van der Waals surface area contributed by atoms with Gasteiger partial charge in [-0.1, -0.05) is 18.2 Å². The molecular weight excluding hydrogens is 409 g/mol. The number of rotatable bonds is 8. The van der Waals surface area contributed by atoms with Gasteiger partial charge in [-0.25, -0.2) is 12.8 Å². The number of sulfonamides is 1. The maximum Gasteiger partial charge on any atom is 0.264 e. The highest BCUT2D eigenvalue weighted by molar-refractivity contribution is 7.92. The van der Waals surface area contributed by atoms with E-state index < -0.39 is 15.8 Å². The van der Waals surface area contributed by atoms with Crippen LogP contribution in [0.1, 0.15) is 5.56 Å². The second kappa shape index (κ2) is 9.04. The van der Waals surface area contributed by atoms with Gasteiger partial charge < -0.3 is 14.2 Å². The van der Waals surface area contributed by atoms with Crippen LogP contribution in [-0.2, 0) is 16.6 Å². The zero-order valence-electron chi connectivity index (χ0n) is 16.8. The van der Waals surface area contributed by atoms with E-state index in [9.17, 15) is 12.8 Å². The first kappa shape index (κ1) is 21.4. The summed E-state index contributed by atoms with van der Waals surface area (Å²) in [4.78, 5) is 0.0504. The van der Waals surface area contributed by atoms with Gasteiger partial charge in [0.2, 0.25) is 0 Å². The maximum absolute atomic E-state index is 14.3. The SMILES string of the molecule is COc1ccc(S(=O)(=O)N(Cc2ccccc2F)c2ccc(OC)c(OC)c2)cc1. The van der Waals surface area contributed by atoms with Crippen molar-refractivity contribution in [2.45, 2.75) is 11.4 Å². The first-order valence-corrected chi connectivity index (χ1v) is 10.5. The highest BCUT2D eigenvalue weighted by Crippen LogP contribution is 2.35. The number of hydrogen-bond acceptors (Lipinski definition) is 5. The van der Waals surface area contributed by atoms with Gasteiger partial charge in [-0.3, -0.25) is 4.31 Å². The van der Waals surface area contributed by atoms with Crippen LogP contribution >= 0.6 is 0 Å². The molecular formula is C22H22FNO5S. The molecule has 3 aromatic rings. The Labute approximate surface area is 175 Å². The smallest absolute Gasteiger partial charge is 0.264 e. The summed E-state index contributed by atoms with van der Waals surface area (Å²) >= 11 is 0. The van der Waals surface area contributed by atoms with Gasteiger partial charge in [0, 0.05) is 11.6 Å². The van der Waals surface area contributed by atoms with E-state index in [-0.39, 0.29) is 17.0 Å². The van der Waals surface area contributed by atoms with Crippen LogP contribution in [0.15, 0.2) is 71.6 Å². The Morgan fingerprint density at radius 2 is 1.50 bits per heavy atom. The van der Waals surface area contributed by atoms with Crippen molar-refractivity contribution >= 4 is 15.7 Å². The Balaban J connectivity index is 2.12. The third kappa shape index (κ3) is 4.33. The maximum atomic E-state index is 14.3. The zero-order valence-corrected chi connectivity index (χ0v) is 17.6. The highest BCUT2D eigenvalue weighted by atomic mass is 32.2. The number of halogens is 1. The average Bonchev–Trinajstić information content (AvgIpc) is 2.78. The fourth-order valence-electron chi connectivity index (χ4n) is 2.95. The van der Waals surface area contributed by atoms with Crippen molar-refractivity contribution < 1.29 is 27.0 Å². The molecule has 0 aliphatic carbocycles. The van der Waals surface area contributed by atoms with Crippen LogP contribution in [0.4, 0.5) is 10.1 Å². The molecule has 0 heterocycles. The Kier molecular flexibility index (Phi) is 6.47. The van der Waals surface area contributed by atoms with Gasteiger partial charge in [-0.2, -0.15) is 0 Å². The van der Waals surface area contributed by atoms with E-state index in [1.54, 1.807) is 48.5 Å². The molecule has 158 valence electrons. The first-order chi connectivity index (χ1) is 14.4. The van der Waals surface area contributed by atoms with E-state index >= 15 is 0 Å². The molecule has 0 N–H and O–H groups in total. The fourth-order valence-corrected chi connectivity index (χ4v) is 4.39. The predicted octanol–water partition coefficient (Wildman–Crippen LogP) is 4.25. The van der Waals surface area contributed by atoms with Crippen molar-refractivity contribution in [3.05, 3.63) is 78.1 Å². The summed E-state index contributed by atoms with van der Waals surface area (Å²) in [5.41, 5.74) is 0.552. The lowest BCUT2D eigenvalue weighted by Crippen LogP contribution is -2.31. The summed E-state index contributed by atoms with van der Waals surface area (Å²) in [6, 6.07) is 16.8. The minimum atomic E-state index is -4.02. The molecule has 0 saturated carbocycles. The molecule has 0 radical (unpaired) electrons. The summed E-state index contributed by atoms with van der Waals surface area (Å²) in [7, 11) is 0.422. The molecule has 30 heavy (non-hydrogen) atoms. The molecule has 0 aromatic heterocycles. The number of anilines is 1. The van der Waals surface area contributed by atoms with Crippen LogP contribution in [0.3, 0.4) is 0 Å². The summed E-state index contributed by atoms with van der Waals surface area (Å²) in [6.45, 7) is -0.198. The molecule has 3 aromatic carbocycles. The molecule has 0 aliphatic heterocycles. The Bertz CT molecular complexity index is 1120. The van der Waals surface area contributed by atoms with Gasteiger partial charge in [0.25, 0.3) is 10.0 Å². The number of benzene rings is 3. The van der Waals surface area contributed by atoms with Crippen molar-refractivity contribution in [2.75, 3.05) is 25.6 Å². The van der Waals surface area contributed by atoms with Gasteiger partial charge in [-0.05, 0) is 42.5 Å². The van der Waals surface area contributed by atoms with Crippen molar-refractivity contribution in [1.29, 1.82) is 0 Å². The third-order valence-electron chi connectivity index (χ3n) is 4.57. The van der Waals surface area contributed by atoms with E-state index in [0.717, 1.165) is 4.31 Å². The normalized spacial score (nSPS) is 11.1. The first-order valence-electron chi connectivity index (χ1n) is 9.03. The van der Waals surface area contributed by atoms with E-state index in [1.807, 2.05) is 0 Å². The summed E-state index contributed by atoms with van der Waals surface area (Å²) in [5, 5.41) is 0.